The summed E-state index contributed by atoms with van der Waals surface area (Å²) in [6.07, 6.45) is 0. The summed E-state index contributed by atoms with van der Waals surface area (Å²) in [7, 11) is 3.67. The third-order valence-electron chi connectivity index (χ3n) is 8.42. The summed E-state index contributed by atoms with van der Waals surface area (Å²) >= 11 is 0. The maximum atomic E-state index is 14.5. The highest BCUT2D eigenvalue weighted by Crippen LogP contribution is 2.38. The van der Waals surface area contributed by atoms with Crippen LogP contribution in [0.2, 0.25) is 0 Å². The summed E-state index contributed by atoms with van der Waals surface area (Å²) in [5.74, 6) is -0.735. The van der Waals surface area contributed by atoms with Gasteiger partial charge in [-0.2, -0.15) is 0 Å². The van der Waals surface area contributed by atoms with Gasteiger partial charge in [0, 0.05) is 36.7 Å². The highest BCUT2D eigenvalue weighted by atomic mass is 16.5. The summed E-state index contributed by atoms with van der Waals surface area (Å²) in [6.45, 7) is 3.50. The van der Waals surface area contributed by atoms with Gasteiger partial charge >= 0.3 is 0 Å². The van der Waals surface area contributed by atoms with Gasteiger partial charge in [-0.25, -0.2) is 9.36 Å². The average Bonchev–Trinajstić information content (AvgIpc) is 3.43. The van der Waals surface area contributed by atoms with E-state index in [0.29, 0.717) is 50.9 Å². The Kier molecular flexibility index (Phi) is 8.31. The van der Waals surface area contributed by atoms with Gasteiger partial charge in [0.05, 0.1) is 28.4 Å². The van der Waals surface area contributed by atoms with Crippen LogP contribution in [0, 0.1) is 13.8 Å². The second kappa shape index (κ2) is 12.6. The van der Waals surface area contributed by atoms with Crippen molar-refractivity contribution in [2.24, 2.45) is 14.1 Å². The molecule has 0 radical (unpaired) electrons. The maximum Gasteiger partial charge on any atom is 0.275 e. The van der Waals surface area contributed by atoms with Crippen molar-refractivity contribution in [1.82, 2.24) is 18.7 Å². The van der Waals surface area contributed by atoms with Crippen molar-refractivity contribution in [1.29, 1.82) is 0 Å². The Morgan fingerprint density at radius 3 is 1.59 bits per heavy atom. The number of hydrogen-bond donors (Lipinski definition) is 1. The third kappa shape index (κ3) is 5.47. The maximum absolute atomic E-state index is 14.5. The van der Waals surface area contributed by atoms with Gasteiger partial charge in [0.25, 0.3) is 17.0 Å². The SMILES string of the molecule is Cc1c(C(c2ccccc2OCC(=O)Nc2ccccc2)c2c(C)n(C)n(-c3ccccc3)c2=O)c(=O)n(-c2ccccc2)n1C. The molecule has 46 heavy (non-hydrogen) atoms. The van der Waals surface area contributed by atoms with Gasteiger partial charge in [-0.3, -0.25) is 23.7 Å². The lowest BCUT2D eigenvalue weighted by molar-refractivity contribution is -0.118. The van der Waals surface area contributed by atoms with Gasteiger partial charge < -0.3 is 10.1 Å². The Morgan fingerprint density at radius 1 is 0.652 bits per heavy atom. The van der Waals surface area contributed by atoms with Crippen molar-refractivity contribution in [3.05, 3.63) is 164 Å². The van der Waals surface area contributed by atoms with E-state index in [0.717, 1.165) is 0 Å². The second-order valence-corrected chi connectivity index (χ2v) is 11.1. The van der Waals surface area contributed by atoms with Crippen molar-refractivity contribution in [3.8, 4) is 17.1 Å². The van der Waals surface area contributed by atoms with Gasteiger partial charge in [-0.1, -0.05) is 72.8 Å². The molecule has 0 saturated carbocycles. The number of anilines is 1. The molecule has 0 bridgehead atoms. The molecule has 0 aliphatic carbocycles. The summed E-state index contributed by atoms with van der Waals surface area (Å²) in [5, 5.41) is 2.84. The third-order valence-corrected chi connectivity index (χ3v) is 8.42. The van der Waals surface area contributed by atoms with Crippen LogP contribution in [-0.2, 0) is 18.9 Å². The lowest BCUT2D eigenvalue weighted by atomic mass is 9.84. The van der Waals surface area contributed by atoms with Crippen LogP contribution in [0.3, 0.4) is 0 Å². The molecule has 0 fully saturated rings. The largest absolute Gasteiger partial charge is 0.483 e. The van der Waals surface area contributed by atoms with Gasteiger partial charge in [-0.15, -0.1) is 0 Å². The van der Waals surface area contributed by atoms with Crippen LogP contribution in [-0.4, -0.2) is 31.2 Å². The number of nitrogens with one attached hydrogen (secondary N) is 1. The highest BCUT2D eigenvalue weighted by molar-refractivity contribution is 5.91. The van der Waals surface area contributed by atoms with E-state index in [1.807, 2.05) is 134 Å². The number of aromatic nitrogens is 4. The Labute approximate surface area is 266 Å². The van der Waals surface area contributed by atoms with Crippen LogP contribution in [0.1, 0.15) is 34.0 Å². The molecule has 1 amide bonds. The van der Waals surface area contributed by atoms with E-state index in [9.17, 15) is 14.4 Å². The number of hydrogen-bond acceptors (Lipinski definition) is 4. The lowest BCUT2D eigenvalue weighted by Crippen LogP contribution is -2.27. The Balaban J connectivity index is 1.53. The monoisotopic (exact) mass is 613 g/mol. The average molecular weight is 614 g/mol. The summed E-state index contributed by atoms with van der Waals surface area (Å²) < 4.78 is 13.0. The molecule has 2 aromatic heterocycles. The highest BCUT2D eigenvalue weighted by Gasteiger charge is 2.34. The molecule has 0 aliphatic heterocycles. The van der Waals surface area contributed by atoms with Gasteiger partial charge in [0.15, 0.2) is 6.61 Å². The lowest BCUT2D eigenvalue weighted by Gasteiger charge is -2.20. The van der Waals surface area contributed by atoms with Crippen LogP contribution in [0.25, 0.3) is 11.4 Å². The fourth-order valence-electron chi connectivity index (χ4n) is 6.01. The molecule has 1 N–H and O–H groups in total. The number of para-hydroxylation sites is 4. The van der Waals surface area contributed by atoms with Gasteiger partial charge in [0.1, 0.15) is 5.75 Å². The first-order valence-electron chi connectivity index (χ1n) is 15.0. The van der Waals surface area contributed by atoms with Crippen LogP contribution in [0.4, 0.5) is 5.69 Å². The van der Waals surface area contributed by atoms with E-state index in [2.05, 4.69) is 5.32 Å². The number of benzene rings is 4. The number of nitrogens with zero attached hydrogens (tertiary/aromatic N) is 4. The van der Waals surface area contributed by atoms with Crippen molar-refractivity contribution < 1.29 is 9.53 Å². The van der Waals surface area contributed by atoms with Crippen LogP contribution < -0.4 is 21.2 Å². The van der Waals surface area contributed by atoms with Gasteiger partial charge in [-0.05, 0) is 56.3 Å². The molecule has 0 spiro atoms. The molecule has 0 aliphatic rings. The van der Waals surface area contributed by atoms with Crippen LogP contribution in [0.15, 0.2) is 125 Å². The minimum atomic E-state index is -0.805. The first-order valence-corrected chi connectivity index (χ1v) is 15.0. The normalized spacial score (nSPS) is 11.2. The molecular formula is C37H35N5O4. The zero-order chi connectivity index (χ0) is 32.4. The molecule has 9 nitrogen and oxygen atoms in total. The Bertz CT molecular complexity index is 2020. The molecule has 0 atom stereocenters. The van der Waals surface area contributed by atoms with Crippen molar-refractivity contribution in [2.45, 2.75) is 19.8 Å². The quantitative estimate of drug-likeness (QED) is 0.234. The molecule has 9 heteroatoms. The number of carbonyl (C=O) groups excluding carboxylic acids is 1. The molecule has 0 unspecified atom stereocenters. The number of ether oxygens (including phenoxy) is 1. The summed E-state index contributed by atoms with van der Waals surface area (Å²) in [5.41, 5.74) is 4.46. The summed E-state index contributed by atoms with van der Waals surface area (Å²) in [4.78, 5) is 41.9. The molecule has 6 rings (SSSR count). The first kappa shape index (κ1) is 30.2. The van der Waals surface area contributed by atoms with E-state index >= 15 is 0 Å². The van der Waals surface area contributed by atoms with E-state index in [1.54, 1.807) is 27.6 Å². The van der Waals surface area contributed by atoms with Crippen molar-refractivity contribution >= 4 is 11.6 Å². The molecule has 6 aromatic rings. The number of rotatable bonds is 9. The predicted octanol–water partition coefficient (Wildman–Crippen LogP) is 5.48. The minimum absolute atomic E-state index is 0.248. The molecular weight excluding hydrogens is 578 g/mol. The fraction of sp³-hybridized carbons (Fsp3) is 0.162. The topological polar surface area (TPSA) is 92.2 Å². The van der Waals surface area contributed by atoms with Crippen LogP contribution in [0.5, 0.6) is 5.75 Å². The summed E-state index contributed by atoms with van der Waals surface area (Å²) in [6, 6.07) is 35.2. The second-order valence-electron chi connectivity index (χ2n) is 11.1. The van der Waals surface area contributed by atoms with Crippen molar-refractivity contribution in [3.63, 3.8) is 0 Å². The van der Waals surface area contributed by atoms with E-state index < -0.39 is 5.92 Å². The van der Waals surface area contributed by atoms with Gasteiger partial charge in [0.2, 0.25) is 0 Å². The molecule has 0 saturated heterocycles. The Morgan fingerprint density at radius 2 is 1.09 bits per heavy atom. The molecule has 232 valence electrons. The first-order chi connectivity index (χ1) is 22.3. The predicted molar refractivity (Wildman–Crippen MR) is 179 cm³/mol. The number of carbonyl (C=O) groups is 1. The minimum Gasteiger partial charge on any atom is -0.483 e. The van der Waals surface area contributed by atoms with E-state index in [1.165, 1.54) is 0 Å². The smallest absolute Gasteiger partial charge is 0.275 e. The molecule has 4 aromatic carbocycles. The fourth-order valence-corrected chi connectivity index (χ4v) is 6.01. The number of amides is 1. The Hall–Kier alpha value is -5.83. The van der Waals surface area contributed by atoms with Crippen molar-refractivity contribution in [2.75, 3.05) is 11.9 Å². The molecule has 2 heterocycles. The zero-order valence-corrected chi connectivity index (χ0v) is 26.2. The van der Waals surface area contributed by atoms with E-state index in [-0.39, 0.29) is 23.6 Å². The van der Waals surface area contributed by atoms with E-state index in [4.69, 9.17) is 4.74 Å². The zero-order valence-electron chi connectivity index (χ0n) is 26.2. The van der Waals surface area contributed by atoms with Crippen LogP contribution >= 0.6 is 0 Å². The standard InChI is InChI=1S/C37H35N5O4/c1-25-33(36(44)41(39(25)3)28-18-10-6-11-19-28)35(34-26(2)40(4)42(37(34)45)29-20-12-7-13-21-29)30-22-14-15-23-31(30)46-24-32(43)38-27-16-8-5-9-17-27/h5-23,35H,24H2,1-4H3,(H,38,43).